The van der Waals surface area contributed by atoms with Gasteiger partial charge < -0.3 is 0 Å². The molecule has 0 aliphatic rings. The van der Waals surface area contributed by atoms with Gasteiger partial charge in [-0.15, -0.1) is 0 Å². The molecular formula is CH11N2Sb3Se4. The van der Waals surface area contributed by atoms with Crippen molar-refractivity contribution in [1.29, 1.82) is 11.1 Å². The Balaban J connectivity index is -0.00000000729. The second-order valence-electron chi connectivity index (χ2n) is 0.0745. The summed E-state index contributed by atoms with van der Waals surface area (Å²) in [6, 6.07) is 0. The van der Waals surface area contributed by atoms with Gasteiger partial charge in [0.2, 0.25) is 0 Å². The second kappa shape index (κ2) is 73.4. The Morgan fingerprint density at radius 2 is 1.40 bits per heavy atom. The van der Waals surface area contributed by atoms with E-state index in [2.05, 4.69) is 30.6 Å². The molecule has 0 aromatic heterocycles. The van der Waals surface area contributed by atoms with Crippen molar-refractivity contribution < 1.29 is 1.43 Å². The van der Waals surface area contributed by atoms with E-state index in [0.717, 1.165) is 8.68 Å². The van der Waals surface area contributed by atoms with Crippen LogP contribution in [0.1, 0.15) is 1.43 Å². The Bertz CT molecular complexity index is 59.3. The molecule has 0 rings (SSSR count). The minimum atomic E-state index is 0. The van der Waals surface area contributed by atoms with Crippen LogP contribution in [0.4, 0.5) is 0 Å². The Labute approximate surface area is 129 Å². The van der Waals surface area contributed by atoms with Crippen LogP contribution < -0.4 is 0 Å². The second-order valence-corrected chi connectivity index (χ2v) is 13.5. The fourth-order valence-electron chi connectivity index (χ4n) is 0. The summed E-state index contributed by atoms with van der Waals surface area (Å²) in [6.07, 6.45) is 0. The third-order valence-electron chi connectivity index (χ3n) is 0. The zero-order valence-corrected chi connectivity index (χ0v) is 20.8. The van der Waals surface area contributed by atoms with Crippen LogP contribution in [0.2, 0.25) is 4.87 Å². The summed E-state index contributed by atoms with van der Waals surface area (Å²) in [7, 11) is 0.800. The fourth-order valence-corrected chi connectivity index (χ4v) is 0. The summed E-state index contributed by atoms with van der Waals surface area (Å²) in [5.41, 5.74) is 10.0. The summed E-state index contributed by atoms with van der Waals surface area (Å²) in [5.74, 6) is 0. The van der Waals surface area contributed by atoms with Crippen molar-refractivity contribution in [2.45, 2.75) is 4.87 Å². The van der Waals surface area contributed by atoms with Gasteiger partial charge in [0, 0.05) is 1.43 Å². The fraction of sp³-hybridized carbons (Fsp3) is 1.00. The number of nitrogens with one attached hydrogen (secondary N) is 2. The molecule has 0 aliphatic heterocycles. The molecule has 0 spiro atoms. The molecule has 2 nitrogen and oxygen atoms in total. The van der Waals surface area contributed by atoms with Gasteiger partial charge in [0.15, 0.2) is 0 Å². The number of hydrogen-bond acceptors (Lipinski definition) is 2. The van der Waals surface area contributed by atoms with Gasteiger partial charge in [0.1, 0.15) is 0 Å². The third-order valence-corrected chi connectivity index (χ3v) is 0. The maximum atomic E-state index is 5.00. The average Bonchev–Trinajstić information content (AvgIpc) is 2.01. The van der Waals surface area contributed by atoms with Crippen molar-refractivity contribution in [3.8, 4) is 0 Å². The molecule has 0 saturated heterocycles. The van der Waals surface area contributed by atoms with Crippen molar-refractivity contribution in [1.82, 2.24) is 0 Å². The van der Waals surface area contributed by atoms with Crippen LogP contribution in [-0.4, -0.2) is 115 Å². The van der Waals surface area contributed by atoms with E-state index in [1.54, 1.807) is 20.2 Å². The average molecular weight is 732 g/mol. The third kappa shape index (κ3) is 88.0. The molecule has 0 fully saturated rings. The van der Waals surface area contributed by atoms with E-state index in [4.69, 9.17) is 11.1 Å². The van der Waals surface area contributed by atoms with Crippen LogP contribution in [0.3, 0.4) is 0 Å². The first-order valence-corrected chi connectivity index (χ1v) is 21.4. The van der Waals surface area contributed by atoms with Crippen molar-refractivity contribution in [2.24, 2.45) is 0 Å². The number of hydrogen-bond donors (Lipinski definition) is 2. The molecule has 0 aromatic carbocycles. The number of rotatable bonds is 0. The molecule has 0 bridgehead atoms. The van der Waals surface area contributed by atoms with E-state index in [0.29, 0.717) is 0 Å². The first kappa shape index (κ1) is 29.2. The summed E-state index contributed by atoms with van der Waals surface area (Å²) >= 11 is 10.4. The minimum absolute atomic E-state index is 0. The van der Waals surface area contributed by atoms with Crippen molar-refractivity contribution in [2.75, 3.05) is 0 Å². The Morgan fingerprint density at radius 1 is 1.40 bits per heavy atom. The SMILES string of the molecule is N=N.[CH3][SbH2].[HH].[SeH2].[Se]=[Sb].[Se]=[Se]=[Sb]. The molecule has 0 aliphatic carbocycles. The van der Waals surface area contributed by atoms with Crippen LogP contribution >= 0.6 is 0 Å². The van der Waals surface area contributed by atoms with E-state index in [1.807, 2.05) is 20.2 Å². The van der Waals surface area contributed by atoms with Crippen molar-refractivity contribution in [3.63, 3.8) is 0 Å². The van der Waals surface area contributed by atoms with Crippen LogP contribution in [0.15, 0.2) is 0 Å². The maximum absolute atomic E-state index is 5.00. The topological polar surface area (TPSA) is 47.7 Å². The van der Waals surface area contributed by atoms with Gasteiger partial charge in [0.25, 0.3) is 0 Å². The Kier molecular flexibility index (Phi) is 214. The summed E-state index contributed by atoms with van der Waals surface area (Å²) in [4.78, 5) is 2.13. The molecule has 2 N–H and O–H groups in total. The zero-order valence-electron chi connectivity index (χ0n) is 5.20. The quantitative estimate of drug-likeness (QED) is 0.208. The van der Waals surface area contributed by atoms with E-state index < -0.39 is 0 Å². The van der Waals surface area contributed by atoms with Gasteiger partial charge >= 0.3 is 120 Å². The van der Waals surface area contributed by atoms with E-state index >= 15 is 0 Å². The predicted octanol–water partition coefficient (Wildman–Crippen LogP) is -2.31. The van der Waals surface area contributed by atoms with E-state index in [-0.39, 0.29) is 18.5 Å². The van der Waals surface area contributed by atoms with Gasteiger partial charge in [-0.1, -0.05) is 0 Å². The molecule has 0 heterocycles. The molecule has 64 valence electrons. The van der Waals surface area contributed by atoms with E-state index in [1.165, 1.54) is 23.0 Å². The van der Waals surface area contributed by atoms with Crippen LogP contribution in [0, 0.1) is 11.1 Å². The zero-order chi connectivity index (χ0) is 8.71. The van der Waals surface area contributed by atoms with E-state index in [9.17, 15) is 0 Å². The van der Waals surface area contributed by atoms with Crippen molar-refractivity contribution in [3.05, 3.63) is 0 Å². The molecule has 0 atom stereocenters. The van der Waals surface area contributed by atoms with Gasteiger partial charge in [-0.25, -0.2) is 11.1 Å². The van der Waals surface area contributed by atoms with Gasteiger partial charge in [-0.2, -0.15) is 0 Å². The normalized spacial score (nSPS) is 2.60. The molecule has 0 saturated carbocycles. The molecule has 9 heteroatoms. The Hall–Kier alpha value is 4.13. The summed E-state index contributed by atoms with van der Waals surface area (Å²) < 4.78 is 0. The first-order valence-electron chi connectivity index (χ1n) is 1.36. The van der Waals surface area contributed by atoms with Gasteiger partial charge in [0.05, 0.1) is 0 Å². The standard InChI is InChI=1S/CH3.H2N2.3Sb.Se2.H2Se.Se.H2.2H/c;1-2;;;;1-2;;;;;/h1H3;1-2H;;;;;1H2;;1H;;. The predicted molar refractivity (Wildman–Crippen MR) is 59.3 cm³/mol. The van der Waals surface area contributed by atoms with Crippen LogP contribution in [0.5, 0.6) is 0 Å². The van der Waals surface area contributed by atoms with Crippen LogP contribution in [-0.2, 0) is 0 Å². The van der Waals surface area contributed by atoms with Gasteiger partial charge in [-0.3, -0.25) is 0 Å². The molecule has 0 aromatic rings. The van der Waals surface area contributed by atoms with Gasteiger partial charge in [-0.05, 0) is 0 Å². The first-order chi connectivity index (χ1) is 4.41. The summed E-state index contributed by atoms with van der Waals surface area (Å²) in [5, 5.41) is 0. The molecule has 0 unspecified atom stereocenters. The molecule has 0 amide bonds. The van der Waals surface area contributed by atoms with Crippen LogP contribution in [0.25, 0.3) is 0 Å². The van der Waals surface area contributed by atoms with Crippen molar-refractivity contribution >= 4 is 115 Å². The Morgan fingerprint density at radius 3 is 1.40 bits per heavy atom. The summed E-state index contributed by atoms with van der Waals surface area (Å²) in [6.45, 7) is 0. The molecule has 10 heavy (non-hydrogen) atoms. The molecular weight excluding hydrogens is 721 g/mol. The monoisotopic (exact) mass is 733 g/mol. The molecule has 2 radical (unpaired) electrons.